The molecule has 0 saturated heterocycles. The zero-order valence-corrected chi connectivity index (χ0v) is 10.4. The van der Waals surface area contributed by atoms with Gasteiger partial charge in [0.05, 0.1) is 5.54 Å². The summed E-state index contributed by atoms with van der Waals surface area (Å²) in [5, 5.41) is 10.2. The highest BCUT2D eigenvalue weighted by atomic mass is 16.6. The van der Waals surface area contributed by atoms with Crippen molar-refractivity contribution in [3.63, 3.8) is 0 Å². The van der Waals surface area contributed by atoms with E-state index in [0.29, 0.717) is 10.6 Å². The van der Waals surface area contributed by atoms with Crippen LogP contribution in [-0.2, 0) is 4.74 Å². The van der Waals surface area contributed by atoms with E-state index in [-0.39, 0.29) is 0 Å². The van der Waals surface area contributed by atoms with Gasteiger partial charge in [-0.3, -0.25) is 5.21 Å². The lowest BCUT2D eigenvalue weighted by Gasteiger charge is -2.34. The van der Waals surface area contributed by atoms with Crippen molar-refractivity contribution in [3.05, 3.63) is 12.2 Å². The number of amides is 1. The Balaban J connectivity index is 4.66. The summed E-state index contributed by atoms with van der Waals surface area (Å²) in [5.41, 5.74) is -0.776. The minimum atomic E-state index is -0.831. The smallest absolute Gasteiger partial charge is 0.435 e. The molecule has 1 N–H and O–H groups in total. The molecule has 88 valence electrons. The highest BCUT2D eigenvalue weighted by Crippen LogP contribution is 2.22. The Morgan fingerprint density at radius 1 is 1.27 bits per heavy atom. The molecule has 0 radical (unpaired) electrons. The van der Waals surface area contributed by atoms with E-state index in [0.717, 1.165) is 0 Å². The van der Waals surface area contributed by atoms with Crippen molar-refractivity contribution in [2.75, 3.05) is 0 Å². The maximum atomic E-state index is 11.5. The van der Waals surface area contributed by atoms with Crippen LogP contribution in [0.3, 0.4) is 0 Å². The van der Waals surface area contributed by atoms with E-state index in [1.54, 1.807) is 41.5 Å². The predicted octanol–water partition coefficient (Wildman–Crippen LogP) is 2.97. The largest absolute Gasteiger partial charge is 0.442 e. The number of hydroxylamine groups is 2. The lowest BCUT2D eigenvalue weighted by atomic mass is 9.97. The van der Waals surface area contributed by atoms with Gasteiger partial charge in [-0.25, -0.2) is 4.79 Å². The topological polar surface area (TPSA) is 49.8 Å². The molecular formula is C11H21NO3. The molecule has 4 heteroatoms. The maximum Gasteiger partial charge on any atom is 0.435 e. The van der Waals surface area contributed by atoms with Crippen molar-refractivity contribution in [2.24, 2.45) is 0 Å². The highest BCUT2D eigenvalue weighted by molar-refractivity contribution is 5.68. The maximum absolute atomic E-state index is 11.5. The number of nitrogens with zero attached hydrogens (tertiary/aromatic N) is 1. The van der Waals surface area contributed by atoms with Gasteiger partial charge in [0.15, 0.2) is 0 Å². The van der Waals surface area contributed by atoms with Crippen LogP contribution >= 0.6 is 0 Å². The molecule has 4 nitrogen and oxygen atoms in total. The van der Waals surface area contributed by atoms with Gasteiger partial charge in [0.1, 0.15) is 5.60 Å². The zero-order valence-electron chi connectivity index (χ0n) is 10.4. The van der Waals surface area contributed by atoms with Crippen LogP contribution in [0.4, 0.5) is 4.79 Å². The van der Waals surface area contributed by atoms with Gasteiger partial charge in [0.25, 0.3) is 0 Å². The van der Waals surface area contributed by atoms with Crippen molar-refractivity contribution in [1.82, 2.24) is 5.06 Å². The molecule has 1 amide bonds. The molecule has 0 aliphatic rings. The van der Waals surface area contributed by atoms with Gasteiger partial charge < -0.3 is 4.74 Å². The minimum absolute atomic E-state index is 0.570. The molecule has 0 saturated carbocycles. The average Bonchev–Trinajstić information content (AvgIpc) is 1.99. The molecule has 0 aliphatic carbocycles. The second kappa shape index (κ2) is 4.23. The summed E-state index contributed by atoms with van der Waals surface area (Å²) in [7, 11) is 0. The van der Waals surface area contributed by atoms with E-state index in [4.69, 9.17) is 4.74 Å². The molecule has 0 unspecified atom stereocenters. The Labute approximate surface area is 91.5 Å². The van der Waals surface area contributed by atoms with Crippen LogP contribution in [0.2, 0.25) is 0 Å². The van der Waals surface area contributed by atoms with Crippen molar-refractivity contribution in [3.8, 4) is 0 Å². The molecule has 0 aromatic rings. The summed E-state index contributed by atoms with van der Waals surface area (Å²) in [6.45, 7) is 14.1. The monoisotopic (exact) mass is 215 g/mol. The number of hydrogen-bond acceptors (Lipinski definition) is 3. The lowest BCUT2D eigenvalue weighted by molar-refractivity contribution is -0.137. The molecule has 15 heavy (non-hydrogen) atoms. The molecular weight excluding hydrogens is 194 g/mol. The zero-order chi connectivity index (χ0) is 12.4. The first-order chi connectivity index (χ1) is 6.48. The summed E-state index contributed by atoms with van der Waals surface area (Å²) in [5.74, 6) is 0. The molecule has 0 bridgehead atoms. The van der Waals surface area contributed by atoms with Crippen LogP contribution in [0.1, 0.15) is 41.5 Å². The molecule has 0 aromatic carbocycles. The van der Waals surface area contributed by atoms with E-state index < -0.39 is 17.2 Å². The molecule has 0 atom stereocenters. The minimum Gasteiger partial charge on any atom is -0.442 e. The second-order valence-electron chi connectivity index (χ2n) is 5.13. The number of carbonyl (C=O) groups excluding carboxylic acids is 1. The standard InChI is InChI=1S/C11H21NO3/c1-8(2)11(6,7)12(14)9(13)15-10(3,4)5/h14H,1H2,2-7H3. The Morgan fingerprint density at radius 2 is 1.67 bits per heavy atom. The first-order valence-corrected chi connectivity index (χ1v) is 4.86. The van der Waals surface area contributed by atoms with Crippen molar-refractivity contribution in [2.45, 2.75) is 52.7 Å². The third-order valence-corrected chi connectivity index (χ3v) is 2.14. The molecule has 0 rings (SSSR count). The summed E-state index contributed by atoms with van der Waals surface area (Å²) < 4.78 is 5.03. The van der Waals surface area contributed by atoms with Gasteiger partial charge in [-0.1, -0.05) is 12.2 Å². The summed E-state index contributed by atoms with van der Waals surface area (Å²) in [6, 6.07) is 0. The summed E-state index contributed by atoms with van der Waals surface area (Å²) in [4.78, 5) is 11.5. The van der Waals surface area contributed by atoms with E-state index in [1.807, 2.05) is 0 Å². The third-order valence-electron chi connectivity index (χ3n) is 2.14. The van der Waals surface area contributed by atoms with Crippen LogP contribution in [0, 0.1) is 0 Å². The number of rotatable bonds is 2. The van der Waals surface area contributed by atoms with Crippen LogP contribution in [0.25, 0.3) is 0 Å². The van der Waals surface area contributed by atoms with Crippen molar-refractivity contribution in [1.29, 1.82) is 0 Å². The molecule has 0 spiro atoms. The Kier molecular flexibility index (Phi) is 3.94. The fraction of sp³-hybridized carbons (Fsp3) is 0.727. The van der Waals surface area contributed by atoms with Gasteiger partial charge in [0.2, 0.25) is 0 Å². The van der Waals surface area contributed by atoms with Crippen LogP contribution in [-0.4, -0.2) is 27.5 Å². The normalized spacial score (nSPS) is 12.2. The SMILES string of the molecule is C=C(C)C(C)(C)N(O)C(=O)OC(C)(C)C. The number of hydrogen-bond donors (Lipinski definition) is 1. The summed E-state index contributed by atoms with van der Waals surface area (Å²) in [6.07, 6.45) is -0.768. The van der Waals surface area contributed by atoms with E-state index in [9.17, 15) is 10.0 Å². The Hall–Kier alpha value is -1.03. The van der Waals surface area contributed by atoms with Gasteiger partial charge in [0, 0.05) is 0 Å². The fourth-order valence-electron chi connectivity index (χ4n) is 0.714. The van der Waals surface area contributed by atoms with Gasteiger partial charge in [-0.15, -0.1) is 0 Å². The molecule has 0 heterocycles. The van der Waals surface area contributed by atoms with Crippen LogP contribution in [0.15, 0.2) is 12.2 Å². The van der Waals surface area contributed by atoms with Crippen LogP contribution < -0.4 is 0 Å². The van der Waals surface area contributed by atoms with Gasteiger partial charge in [-0.2, -0.15) is 5.06 Å². The summed E-state index contributed by atoms with van der Waals surface area (Å²) >= 11 is 0. The van der Waals surface area contributed by atoms with Crippen LogP contribution in [0.5, 0.6) is 0 Å². The molecule has 0 aromatic heterocycles. The third kappa shape index (κ3) is 3.91. The van der Waals surface area contributed by atoms with Gasteiger partial charge in [-0.05, 0) is 41.5 Å². The number of ether oxygens (including phenoxy) is 1. The lowest BCUT2D eigenvalue weighted by Crippen LogP contribution is -2.48. The predicted molar refractivity (Wildman–Crippen MR) is 58.8 cm³/mol. The van der Waals surface area contributed by atoms with Gasteiger partial charge >= 0.3 is 6.09 Å². The van der Waals surface area contributed by atoms with E-state index >= 15 is 0 Å². The van der Waals surface area contributed by atoms with E-state index in [1.165, 1.54) is 0 Å². The highest BCUT2D eigenvalue weighted by Gasteiger charge is 2.33. The first-order valence-electron chi connectivity index (χ1n) is 4.86. The first kappa shape index (κ1) is 14.0. The Morgan fingerprint density at radius 3 is 1.93 bits per heavy atom. The average molecular weight is 215 g/mol. The molecule has 0 fully saturated rings. The fourth-order valence-corrected chi connectivity index (χ4v) is 0.714. The Bertz CT molecular complexity index is 263. The molecule has 0 aliphatic heterocycles. The van der Waals surface area contributed by atoms with Crippen molar-refractivity contribution < 1.29 is 14.7 Å². The van der Waals surface area contributed by atoms with E-state index in [2.05, 4.69) is 6.58 Å². The van der Waals surface area contributed by atoms with Crippen molar-refractivity contribution >= 4 is 6.09 Å². The second-order valence-corrected chi connectivity index (χ2v) is 5.13. The quantitative estimate of drug-likeness (QED) is 0.437. The number of carbonyl (C=O) groups is 1.